The molecule has 10 aromatic rings. The van der Waals surface area contributed by atoms with Crippen LogP contribution in [0.3, 0.4) is 0 Å². The first-order chi connectivity index (χ1) is 25.8. The van der Waals surface area contributed by atoms with Gasteiger partial charge in [-0.05, 0) is 105 Å². The van der Waals surface area contributed by atoms with Crippen LogP contribution in [-0.4, -0.2) is 6.85 Å². The number of anilines is 2. The van der Waals surface area contributed by atoms with Crippen molar-refractivity contribution in [3.8, 4) is 44.5 Å². The molecule has 0 bridgehead atoms. The molecular weight excluding hydrogens is 665 g/mol. The Morgan fingerprint density at radius 2 is 0.731 bits per heavy atom. The fraction of sp³-hybridized carbons (Fsp3) is 0. The van der Waals surface area contributed by atoms with E-state index in [0.717, 1.165) is 0 Å². The van der Waals surface area contributed by atoms with Gasteiger partial charge in [0.25, 0.3) is 0 Å². The third-order valence-corrected chi connectivity index (χ3v) is 13.6. The van der Waals surface area contributed by atoms with Crippen LogP contribution in [0, 0.1) is 0 Å². The largest absolute Gasteiger partial charge is 0.376 e. The zero-order chi connectivity index (χ0) is 33.9. The minimum absolute atomic E-state index is 0.0890. The highest BCUT2D eigenvalue weighted by Gasteiger charge is 2.42. The molecule has 240 valence electrons. The summed E-state index contributed by atoms with van der Waals surface area (Å²) >= 11 is 3.75. The Kier molecular flexibility index (Phi) is 5.96. The van der Waals surface area contributed by atoms with Gasteiger partial charge in [-0.25, -0.2) is 0 Å². The van der Waals surface area contributed by atoms with Crippen LogP contribution in [0.4, 0.5) is 11.4 Å². The first-order valence-corrected chi connectivity index (χ1v) is 19.5. The van der Waals surface area contributed by atoms with Gasteiger partial charge in [0.05, 0.1) is 0 Å². The van der Waals surface area contributed by atoms with Gasteiger partial charge in [-0.15, -0.1) is 22.7 Å². The molecule has 0 amide bonds. The van der Waals surface area contributed by atoms with Crippen LogP contribution in [0.25, 0.3) is 84.9 Å². The summed E-state index contributed by atoms with van der Waals surface area (Å²) in [6.45, 7) is 0.0890. The SMILES string of the molecule is c1ccc2c(c1)B1c3ccccc3-c3cc(-c4ccc5sc6ccccc6c5c4)ccc3N1c1ccc(-c3ccc4sc5ccccc5c4c3)cc1-2. The fourth-order valence-corrected chi connectivity index (χ4v) is 11.1. The molecule has 0 unspecified atom stereocenters. The van der Waals surface area contributed by atoms with E-state index < -0.39 is 0 Å². The van der Waals surface area contributed by atoms with Crippen LogP contribution in [0.5, 0.6) is 0 Å². The molecule has 0 saturated carbocycles. The van der Waals surface area contributed by atoms with Crippen molar-refractivity contribution in [3.63, 3.8) is 0 Å². The van der Waals surface area contributed by atoms with Gasteiger partial charge < -0.3 is 4.81 Å². The van der Waals surface area contributed by atoms with E-state index in [2.05, 4.69) is 175 Å². The van der Waals surface area contributed by atoms with E-state index in [1.165, 1.54) is 107 Å². The molecule has 12 rings (SSSR count). The quantitative estimate of drug-likeness (QED) is 0.163. The second kappa shape index (κ2) is 10.8. The topological polar surface area (TPSA) is 3.24 Å². The summed E-state index contributed by atoms with van der Waals surface area (Å²) in [4.78, 5) is 2.61. The van der Waals surface area contributed by atoms with E-state index in [-0.39, 0.29) is 6.85 Å². The summed E-state index contributed by atoms with van der Waals surface area (Å²) in [5.74, 6) is 0. The highest BCUT2D eigenvalue weighted by Crippen LogP contribution is 2.48. The number of hydrogen-bond acceptors (Lipinski definition) is 3. The summed E-state index contributed by atoms with van der Waals surface area (Å²) < 4.78 is 5.35. The maximum absolute atomic E-state index is 2.61. The summed E-state index contributed by atoms with van der Waals surface area (Å²) in [5, 5.41) is 5.34. The van der Waals surface area contributed by atoms with Crippen molar-refractivity contribution in [1.82, 2.24) is 0 Å². The van der Waals surface area contributed by atoms with Gasteiger partial charge in [-0.1, -0.05) is 109 Å². The van der Waals surface area contributed by atoms with Crippen molar-refractivity contribution in [3.05, 3.63) is 170 Å². The lowest BCUT2D eigenvalue weighted by atomic mass is 9.43. The zero-order valence-corrected chi connectivity index (χ0v) is 29.6. The molecule has 8 aromatic carbocycles. The molecule has 0 aliphatic carbocycles. The Balaban J connectivity index is 1.04. The minimum atomic E-state index is 0.0890. The monoisotopic (exact) mass is 693 g/mol. The van der Waals surface area contributed by atoms with Gasteiger partial charge in [0.1, 0.15) is 0 Å². The number of hydrogen-bond donors (Lipinski definition) is 0. The second-order valence-electron chi connectivity index (χ2n) is 14.0. The van der Waals surface area contributed by atoms with Gasteiger partial charge >= 0.3 is 6.85 Å². The predicted octanol–water partition coefficient (Wildman–Crippen LogP) is 12.7. The third-order valence-electron chi connectivity index (χ3n) is 11.3. The highest BCUT2D eigenvalue weighted by atomic mass is 32.1. The average molecular weight is 694 g/mol. The van der Waals surface area contributed by atoms with E-state index >= 15 is 0 Å². The van der Waals surface area contributed by atoms with Crippen molar-refractivity contribution in [2.45, 2.75) is 0 Å². The van der Waals surface area contributed by atoms with E-state index in [1.54, 1.807) is 0 Å². The molecule has 52 heavy (non-hydrogen) atoms. The molecule has 0 N–H and O–H groups in total. The molecule has 2 aliphatic heterocycles. The van der Waals surface area contributed by atoms with E-state index in [0.29, 0.717) is 0 Å². The van der Waals surface area contributed by atoms with E-state index in [9.17, 15) is 0 Å². The number of thiophene rings is 2. The first-order valence-electron chi connectivity index (χ1n) is 17.9. The Labute approximate surface area is 309 Å². The maximum atomic E-state index is 2.61. The summed E-state index contributed by atoms with van der Waals surface area (Å²) in [7, 11) is 0. The molecule has 4 heterocycles. The normalized spacial score (nSPS) is 12.9. The van der Waals surface area contributed by atoms with Crippen LogP contribution in [0.1, 0.15) is 0 Å². The summed E-state index contributed by atoms with van der Waals surface area (Å²) in [6, 6.07) is 63.8. The van der Waals surface area contributed by atoms with E-state index in [4.69, 9.17) is 0 Å². The number of fused-ring (bicyclic) bond motifs is 17. The molecule has 2 aromatic heterocycles. The molecule has 0 radical (unpaired) electrons. The molecule has 0 atom stereocenters. The number of rotatable bonds is 2. The number of nitrogens with zero attached hydrogens (tertiary/aromatic N) is 1. The Morgan fingerprint density at radius 3 is 1.25 bits per heavy atom. The Morgan fingerprint density at radius 1 is 0.327 bits per heavy atom. The zero-order valence-electron chi connectivity index (χ0n) is 28.0. The lowest BCUT2D eigenvalue weighted by Gasteiger charge is -2.43. The summed E-state index contributed by atoms with van der Waals surface area (Å²) in [6.07, 6.45) is 0. The predicted molar refractivity (Wildman–Crippen MR) is 228 cm³/mol. The van der Waals surface area contributed by atoms with Crippen LogP contribution >= 0.6 is 22.7 Å². The van der Waals surface area contributed by atoms with Crippen molar-refractivity contribution >= 4 is 92.2 Å². The lowest BCUT2D eigenvalue weighted by molar-refractivity contribution is 1.35. The maximum Gasteiger partial charge on any atom is 0.329 e. The molecular formula is C48H28BNS2. The van der Waals surface area contributed by atoms with Crippen molar-refractivity contribution in [2.24, 2.45) is 0 Å². The summed E-state index contributed by atoms with van der Waals surface area (Å²) in [5.41, 5.74) is 15.4. The molecule has 2 aliphatic rings. The standard InChI is InChI=1S/C48H28BNS2/c1-5-13-41-33(9-1)37-25-29(31-19-23-47-39(27-31)35-11-3-7-15-45(35)51-47)17-21-43(37)50-44-22-18-30(26-38(44)34-10-2-6-14-42(34)49(41)50)32-20-24-48-40(28-32)36-12-4-8-16-46(36)52-48/h1-28H. The van der Waals surface area contributed by atoms with Crippen molar-refractivity contribution in [2.75, 3.05) is 4.81 Å². The molecule has 4 heteroatoms. The van der Waals surface area contributed by atoms with Crippen LogP contribution in [0.2, 0.25) is 0 Å². The van der Waals surface area contributed by atoms with Crippen LogP contribution in [-0.2, 0) is 0 Å². The minimum Gasteiger partial charge on any atom is -0.376 e. The molecule has 0 fully saturated rings. The van der Waals surface area contributed by atoms with Crippen molar-refractivity contribution in [1.29, 1.82) is 0 Å². The molecule has 0 saturated heterocycles. The van der Waals surface area contributed by atoms with Crippen LogP contribution in [0.15, 0.2) is 170 Å². The van der Waals surface area contributed by atoms with Crippen LogP contribution < -0.4 is 15.7 Å². The smallest absolute Gasteiger partial charge is 0.329 e. The van der Waals surface area contributed by atoms with Gasteiger partial charge in [-0.2, -0.15) is 0 Å². The van der Waals surface area contributed by atoms with E-state index in [1.807, 2.05) is 22.7 Å². The van der Waals surface area contributed by atoms with Gasteiger partial charge in [0.15, 0.2) is 0 Å². The number of benzene rings is 8. The second-order valence-corrected chi connectivity index (χ2v) is 16.2. The van der Waals surface area contributed by atoms with Gasteiger partial charge in [-0.3, -0.25) is 0 Å². The van der Waals surface area contributed by atoms with Crippen molar-refractivity contribution < 1.29 is 0 Å². The average Bonchev–Trinajstić information content (AvgIpc) is 3.78. The lowest BCUT2D eigenvalue weighted by Crippen LogP contribution is -2.59. The Hall–Kier alpha value is -5.94. The van der Waals surface area contributed by atoms with Gasteiger partial charge in [0.2, 0.25) is 0 Å². The highest BCUT2D eigenvalue weighted by molar-refractivity contribution is 7.26. The third kappa shape index (κ3) is 4.05. The molecule has 0 spiro atoms. The van der Waals surface area contributed by atoms with Gasteiger partial charge in [0, 0.05) is 62.8 Å². The fourth-order valence-electron chi connectivity index (χ4n) is 8.91. The Bertz CT molecular complexity index is 2910. The first kappa shape index (κ1) is 28.7. The molecule has 1 nitrogen and oxygen atoms in total.